The third-order valence-corrected chi connectivity index (χ3v) is 5.67. The minimum absolute atomic E-state index is 0.0246. The molecular formula is C13H12ClN3O5S2. The first kappa shape index (κ1) is 18.3. The van der Waals surface area contributed by atoms with Crippen molar-refractivity contribution < 1.29 is 22.7 Å². The number of carbonyl (C=O) groups excluding carboxylic acids is 2. The van der Waals surface area contributed by atoms with E-state index in [4.69, 9.17) is 11.6 Å². The number of halogens is 1. The number of benzene rings is 1. The van der Waals surface area contributed by atoms with Crippen LogP contribution < -0.4 is 4.72 Å². The summed E-state index contributed by atoms with van der Waals surface area (Å²) in [6, 6.07) is 4.45. The predicted molar refractivity (Wildman–Crippen MR) is 87.9 cm³/mol. The molecule has 0 aliphatic carbocycles. The van der Waals surface area contributed by atoms with Crippen LogP contribution in [0.1, 0.15) is 22.3 Å². The van der Waals surface area contributed by atoms with Gasteiger partial charge < -0.3 is 4.74 Å². The zero-order chi connectivity index (χ0) is 17.9. The molecule has 1 aromatic carbocycles. The van der Waals surface area contributed by atoms with Gasteiger partial charge in [-0.25, -0.2) is 13.2 Å². The van der Waals surface area contributed by atoms with E-state index in [1.807, 2.05) is 0 Å². The molecule has 24 heavy (non-hydrogen) atoms. The van der Waals surface area contributed by atoms with Crippen molar-refractivity contribution in [1.82, 2.24) is 10.2 Å². The van der Waals surface area contributed by atoms with Crippen LogP contribution in [0, 0.1) is 6.92 Å². The SMILES string of the molecule is CCOC(=O)C(=O)c1nnc(NS(=O)(=O)c2cccc(Cl)c2C)s1. The van der Waals surface area contributed by atoms with Crippen LogP contribution in [0.2, 0.25) is 5.02 Å². The monoisotopic (exact) mass is 389 g/mol. The molecule has 2 aromatic rings. The number of carbonyl (C=O) groups is 2. The van der Waals surface area contributed by atoms with E-state index in [1.54, 1.807) is 19.9 Å². The first-order chi connectivity index (χ1) is 11.3. The molecule has 0 radical (unpaired) electrons. The van der Waals surface area contributed by atoms with Gasteiger partial charge in [0.15, 0.2) is 5.01 Å². The van der Waals surface area contributed by atoms with Crippen molar-refractivity contribution in [3.63, 3.8) is 0 Å². The van der Waals surface area contributed by atoms with E-state index in [1.165, 1.54) is 12.1 Å². The van der Waals surface area contributed by atoms with E-state index < -0.39 is 21.8 Å². The lowest BCUT2D eigenvalue weighted by Gasteiger charge is -2.08. The quantitative estimate of drug-likeness (QED) is 0.456. The Morgan fingerprint density at radius 2 is 2.04 bits per heavy atom. The van der Waals surface area contributed by atoms with Gasteiger partial charge in [0.05, 0.1) is 11.5 Å². The average Bonchev–Trinajstić information content (AvgIpc) is 2.97. The fraction of sp³-hybridized carbons (Fsp3) is 0.231. The van der Waals surface area contributed by atoms with E-state index in [0.717, 1.165) is 0 Å². The van der Waals surface area contributed by atoms with E-state index in [9.17, 15) is 18.0 Å². The Labute approximate surface area is 146 Å². The highest BCUT2D eigenvalue weighted by Crippen LogP contribution is 2.26. The summed E-state index contributed by atoms with van der Waals surface area (Å²) < 4.78 is 31.5. The van der Waals surface area contributed by atoms with Crippen LogP contribution in [0.15, 0.2) is 23.1 Å². The number of rotatable bonds is 6. The third-order valence-electron chi connectivity index (χ3n) is 2.81. The van der Waals surface area contributed by atoms with E-state index in [2.05, 4.69) is 19.7 Å². The molecule has 0 amide bonds. The number of sulfonamides is 1. The van der Waals surface area contributed by atoms with Crippen molar-refractivity contribution in [2.75, 3.05) is 11.3 Å². The number of esters is 1. The molecule has 0 fully saturated rings. The molecule has 128 valence electrons. The first-order valence-corrected chi connectivity index (χ1v) is 9.27. The van der Waals surface area contributed by atoms with E-state index >= 15 is 0 Å². The van der Waals surface area contributed by atoms with Crippen LogP contribution in [-0.4, -0.2) is 37.0 Å². The third kappa shape index (κ3) is 3.89. The summed E-state index contributed by atoms with van der Waals surface area (Å²) in [6.45, 7) is 3.15. The maximum Gasteiger partial charge on any atom is 0.382 e. The molecule has 1 aromatic heterocycles. The van der Waals surface area contributed by atoms with Crippen molar-refractivity contribution in [2.45, 2.75) is 18.7 Å². The van der Waals surface area contributed by atoms with Crippen LogP contribution in [-0.2, 0) is 19.6 Å². The number of ketones is 1. The molecule has 0 saturated heterocycles. The molecule has 0 saturated carbocycles. The van der Waals surface area contributed by atoms with Crippen molar-refractivity contribution in [1.29, 1.82) is 0 Å². The molecule has 1 heterocycles. The molecule has 0 aliphatic heterocycles. The summed E-state index contributed by atoms with van der Waals surface area (Å²) in [7, 11) is -3.96. The summed E-state index contributed by atoms with van der Waals surface area (Å²) >= 11 is 6.55. The molecule has 0 aliphatic rings. The summed E-state index contributed by atoms with van der Waals surface area (Å²) in [4.78, 5) is 23.1. The number of hydrogen-bond donors (Lipinski definition) is 1. The molecule has 0 atom stereocenters. The highest BCUT2D eigenvalue weighted by molar-refractivity contribution is 7.93. The van der Waals surface area contributed by atoms with Crippen LogP contribution in [0.4, 0.5) is 5.13 Å². The molecule has 0 spiro atoms. The highest BCUT2D eigenvalue weighted by atomic mass is 35.5. The standard InChI is InChI=1S/C13H12ClN3O5S2/c1-3-22-12(19)10(18)11-15-16-13(23-11)17-24(20,21)9-6-4-5-8(14)7(9)2/h4-6H,3H2,1-2H3,(H,16,17). The lowest BCUT2D eigenvalue weighted by Crippen LogP contribution is -2.17. The molecule has 2 rings (SSSR count). The zero-order valence-corrected chi connectivity index (χ0v) is 15.0. The van der Waals surface area contributed by atoms with Crippen LogP contribution in [0.25, 0.3) is 0 Å². The Balaban J connectivity index is 2.24. The minimum Gasteiger partial charge on any atom is -0.460 e. The van der Waals surface area contributed by atoms with Gasteiger partial charge in [0.2, 0.25) is 5.13 Å². The topological polar surface area (TPSA) is 115 Å². The van der Waals surface area contributed by atoms with Gasteiger partial charge in [-0.1, -0.05) is 29.0 Å². The number of nitrogens with zero attached hydrogens (tertiary/aromatic N) is 2. The second-order valence-corrected chi connectivity index (χ2v) is 7.47. The van der Waals surface area contributed by atoms with Gasteiger partial charge in [0.1, 0.15) is 0 Å². The normalized spacial score (nSPS) is 11.1. The molecule has 1 N–H and O–H groups in total. The smallest absolute Gasteiger partial charge is 0.382 e. The fourth-order valence-electron chi connectivity index (χ4n) is 1.69. The molecule has 8 nitrogen and oxygen atoms in total. The van der Waals surface area contributed by atoms with Crippen molar-refractivity contribution in [3.05, 3.63) is 33.8 Å². The van der Waals surface area contributed by atoms with Gasteiger partial charge in [-0.2, -0.15) is 0 Å². The maximum absolute atomic E-state index is 12.4. The first-order valence-electron chi connectivity index (χ1n) is 6.59. The Kier molecular flexibility index (Phi) is 5.52. The van der Waals surface area contributed by atoms with Gasteiger partial charge in [0.25, 0.3) is 10.0 Å². The Bertz CT molecular complexity index is 895. The van der Waals surface area contributed by atoms with Crippen molar-refractivity contribution >= 4 is 49.8 Å². The predicted octanol–water partition coefficient (Wildman–Crippen LogP) is 2.05. The minimum atomic E-state index is -3.96. The van der Waals surface area contributed by atoms with E-state index in [0.29, 0.717) is 21.9 Å². The Morgan fingerprint density at radius 3 is 2.71 bits per heavy atom. The van der Waals surface area contributed by atoms with Crippen LogP contribution in [0.5, 0.6) is 0 Å². The molecule has 0 unspecified atom stereocenters. The number of ether oxygens (including phenoxy) is 1. The molecule has 11 heteroatoms. The summed E-state index contributed by atoms with van der Waals surface area (Å²) in [6.07, 6.45) is 0. The summed E-state index contributed by atoms with van der Waals surface area (Å²) in [5.74, 6) is -2.06. The second-order valence-electron chi connectivity index (χ2n) is 4.43. The van der Waals surface area contributed by atoms with Crippen LogP contribution in [0.3, 0.4) is 0 Å². The number of hydrogen-bond acceptors (Lipinski definition) is 8. The van der Waals surface area contributed by atoms with Crippen LogP contribution >= 0.6 is 22.9 Å². The fourth-order valence-corrected chi connectivity index (χ4v) is 4.09. The Morgan fingerprint density at radius 1 is 1.33 bits per heavy atom. The van der Waals surface area contributed by atoms with Gasteiger partial charge >= 0.3 is 11.8 Å². The molecule has 0 bridgehead atoms. The number of anilines is 1. The molecular weight excluding hydrogens is 378 g/mol. The van der Waals surface area contributed by atoms with Gasteiger partial charge in [-0.05, 0) is 31.5 Å². The highest BCUT2D eigenvalue weighted by Gasteiger charge is 2.25. The number of aromatic nitrogens is 2. The lowest BCUT2D eigenvalue weighted by atomic mass is 10.2. The average molecular weight is 390 g/mol. The number of Topliss-reactive ketones (excluding diaryl/α,β-unsaturated/α-hetero) is 1. The van der Waals surface area contributed by atoms with Gasteiger partial charge in [-0.3, -0.25) is 9.52 Å². The second kappa shape index (κ2) is 7.24. The van der Waals surface area contributed by atoms with Gasteiger partial charge in [0, 0.05) is 5.02 Å². The van der Waals surface area contributed by atoms with Crippen molar-refractivity contribution in [2.24, 2.45) is 0 Å². The maximum atomic E-state index is 12.4. The van der Waals surface area contributed by atoms with Gasteiger partial charge in [-0.15, -0.1) is 10.2 Å². The summed E-state index contributed by atoms with van der Waals surface area (Å²) in [5, 5.41) is 6.94. The Hall–Kier alpha value is -2.04. The largest absolute Gasteiger partial charge is 0.460 e. The van der Waals surface area contributed by atoms with E-state index in [-0.39, 0.29) is 21.6 Å². The van der Waals surface area contributed by atoms with Crippen molar-refractivity contribution in [3.8, 4) is 0 Å². The number of nitrogens with one attached hydrogen (secondary N) is 1. The lowest BCUT2D eigenvalue weighted by molar-refractivity contribution is -0.137. The summed E-state index contributed by atoms with van der Waals surface area (Å²) in [5.41, 5.74) is 0.374. The zero-order valence-electron chi connectivity index (χ0n) is 12.6.